The summed E-state index contributed by atoms with van der Waals surface area (Å²) < 4.78 is 48.8. The zero-order valence-corrected chi connectivity index (χ0v) is 92.8. The van der Waals surface area contributed by atoms with Crippen LogP contribution in [0.25, 0.3) is 17.1 Å². The quantitative estimate of drug-likeness (QED) is 0.00814. The van der Waals surface area contributed by atoms with E-state index in [2.05, 4.69) is 293 Å². The lowest BCUT2D eigenvalue weighted by atomic mass is 9.88. The second-order valence-corrected chi connectivity index (χ2v) is 75.0. The average molecular weight is 1930 g/mol. The lowest BCUT2D eigenvalue weighted by molar-refractivity contribution is -0.145. The molecule has 32 heteroatoms. The number of aliphatic hydroxyl groups excluding tert-OH is 4. The summed E-state index contributed by atoms with van der Waals surface area (Å²) in [4.78, 5) is 18.1. The molecule has 0 saturated carbocycles. The summed E-state index contributed by atoms with van der Waals surface area (Å²) in [5, 5.41) is 70.1. The van der Waals surface area contributed by atoms with Gasteiger partial charge in [-0.25, -0.2) is 14.0 Å². The summed E-state index contributed by atoms with van der Waals surface area (Å²) in [6.07, 6.45) is 20.9. The van der Waals surface area contributed by atoms with Gasteiger partial charge in [-0.3, -0.25) is 14.7 Å². The monoisotopic (exact) mass is 1930 g/mol. The molecule has 8 N–H and O–H groups in total. The fourth-order valence-electron chi connectivity index (χ4n) is 14.9. The van der Waals surface area contributed by atoms with Gasteiger partial charge in [-0.1, -0.05) is 194 Å². The number of nitrogens with one attached hydrogen (secondary N) is 2. The number of nitrogens with zero attached hydrogens (tertiary/aromatic N) is 12. The molecule has 6 aromatic rings. The molecule has 26 nitrogen and oxygen atoms in total. The van der Waals surface area contributed by atoms with Crippen molar-refractivity contribution in [2.45, 2.75) is 393 Å². The van der Waals surface area contributed by atoms with Gasteiger partial charge in [0.1, 0.15) is 18.5 Å². The Morgan fingerprint density at radius 2 is 0.687 bits per heavy atom. The summed E-state index contributed by atoms with van der Waals surface area (Å²) in [6, 6.07) is 23.7. The number of benzene rings is 3. The van der Waals surface area contributed by atoms with Crippen LogP contribution in [-0.2, 0) is 31.4 Å². The second kappa shape index (κ2) is 50.5. The fourth-order valence-corrected chi connectivity index (χ4v) is 22.4. The molecule has 9 rings (SSSR count). The van der Waals surface area contributed by atoms with E-state index in [9.17, 15) is 25.2 Å². The van der Waals surface area contributed by atoms with E-state index in [-0.39, 0.29) is 87.3 Å². The number of carbonyl (C=O) groups excluding carboxylic acids is 1. The van der Waals surface area contributed by atoms with Crippen molar-refractivity contribution in [3.05, 3.63) is 110 Å². The van der Waals surface area contributed by atoms with Crippen LogP contribution in [-0.4, -0.2) is 269 Å². The van der Waals surface area contributed by atoms with E-state index in [1.54, 1.807) is 45.0 Å². The van der Waals surface area contributed by atoms with Gasteiger partial charge in [-0.05, 0) is 252 Å². The summed E-state index contributed by atoms with van der Waals surface area (Å²) in [5.41, 5.74) is 11.4. The van der Waals surface area contributed by atoms with Crippen LogP contribution < -0.4 is 16.4 Å². The smallest absolute Gasteiger partial charge is 0.192 e. The van der Waals surface area contributed by atoms with Gasteiger partial charge in [0, 0.05) is 56.2 Å². The van der Waals surface area contributed by atoms with E-state index >= 15 is 0 Å². The number of aromatic nitrogens is 9. The number of aliphatic hydroxyl groups is 4. The number of hydrogen-bond acceptors (Lipinski definition) is 23. The van der Waals surface area contributed by atoms with E-state index in [4.69, 9.17) is 32.3 Å². The van der Waals surface area contributed by atoms with Crippen molar-refractivity contribution < 1.29 is 51.8 Å². The minimum atomic E-state index is -2.12. The number of aldehydes is 1. The van der Waals surface area contributed by atoms with E-state index < -0.39 is 74.3 Å². The minimum Gasteiger partial charge on any atom is -0.415 e. The lowest BCUT2D eigenvalue weighted by Gasteiger charge is -2.54. The highest BCUT2D eigenvalue weighted by Crippen LogP contribution is 2.48. The first-order valence-electron chi connectivity index (χ1n) is 48.6. The molecule has 746 valence electrons. The van der Waals surface area contributed by atoms with Crippen molar-refractivity contribution in [2.75, 3.05) is 88.5 Å². The maximum Gasteiger partial charge on any atom is 0.192 e. The first-order chi connectivity index (χ1) is 60.2. The van der Waals surface area contributed by atoms with Crippen molar-refractivity contribution in [3.8, 4) is 17.1 Å². The Morgan fingerprint density at radius 1 is 0.397 bits per heavy atom. The summed E-state index contributed by atoms with van der Waals surface area (Å²) >= 11 is 0. The Kier molecular flexibility index (Phi) is 44.9. The third kappa shape index (κ3) is 34.8. The molecule has 0 radical (unpaired) electrons. The summed E-state index contributed by atoms with van der Waals surface area (Å²) in [5.74, 6) is 0.746. The van der Waals surface area contributed by atoms with Crippen LogP contribution in [0.2, 0.25) is 109 Å². The van der Waals surface area contributed by atoms with E-state index in [0.717, 1.165) is 131 Å². The zero-order chi connectivity index (χ0) is 97.5. The van der Waals surface area contributed by atoms with Crippen LogP contribution in [0.4, 0.5) is 17.1 Å². The third-order valence-electron chi connectivity index (χ3n) is 29.9. The average Bonchev–Trinajstić information content (AvgIpc) is 0.912. The van der Waals surface area contributed by atoms with Gasteiger partial charge in [-0.2, -0.15) is 0 Å². The summed E-state index contributed by atoms with van der Waals surface area (Å²) in [6.45, 7) is 83.6. The van der Waals surface area contributed by atoms with Gasteiger partial charge in [0.2, 0.25) is 0 Å². The molecule has 0 aliphatic carbocycles. The van der Waals surface area contributed by atoms with Crippen LogP contribution >= 0.6 is 0 Å². The number of piperidine rings is 3. The molecular formula is C99H185N15O11Si6. The Bertz CT molecular complexity index is 4150. The highest BCUT2D eigenvalue weighted by molar-refractivity contribution is 6.76. The first-order valence-corrected chi connectivity index (χ1v) is 66.1. The Labute approximate surface area is 799 Å². The van der Waals surface area contributed by atoms with Gasteiger partial charge in [-0.15, -0.1) is 15.3 Å². The molecule has 0 spiro atoms. The Morgan fingerprint density at radius 3 is 0.977 bits per heavy atom. The molecule has 3 aromatic heterocycles. The molecule has 0 amide bonds. The van der Waals surface area contributed by atoms with Crippen molar-refractivity contribution >= 4 is 73.3 Å². The highest BCUT2D eigenvalue weighted by atomic mass is 28.4. The Hall–Kier alpha value is -5.07. The maximum atomic E-state index is 10.9. The van der Waals surface area contributed by atoms with E-state index in [0.29, 0.717) is 38.0 Å². The molecule has 6 heterocycles. The fraction of sp³-hybridized carbons (Fsp3) is 0.747. The van der Waals surface area contributed by atoms with Crippen LogP contribution in [0, 0.1) is 11.8 Å². The zero-order valence-electron chi connectivity index (χ0n) is 86.8. The molecule has 3 aromatic carbocycles. The molecule has 0 bridgehead atoms. The number of rotatable bonds is 40. The van der Waals surface area contributed by atoms with Crippen molar-refractivity contribution in [2.24, 2.45) is 11.8 Å². The largest absolute Gasteiger partial charge is 0.415 e. The maximum absolute atomic E-state index is 10.9. The van der Waals surface area contributed by atoms with Gasteiger partial charge >= 0.3 is 0 Å². The van der Waals surface area contributed by atoms with Crippen LogP contribution in [0.15, 0.2) is 110 Å². The van der Waals surface area contributed by atoms with Crippen LogP contribution in [0.5, 0.6) is 0 Å². The lowest BCUT2D eigenvalue weighted by Crippen LogP contribution is -2.66. The van der Waals surface area contributed by atoms with Gasteiger partial charge in [0.25, 0.3) is 0 Å². The standard InChI is InChI=1S/C39H75N5O3Si3.C31H67NO4Si3.C20H31N5O4.C8H8N4.CH4/c1-31-29-43(27-20-18-17-19-25-40-32-21-23-33(24-22-32)44-28-26-41-42-44)34(30-45-48(11,12)37(2,3)4)36(47-50(15,16)39(8,9)10)35(31)46-49(13,14)38(5,6)7;1-25-23-32(21-19-17-18-20-22-33)26(24-34-37(11,12)29(2,3)4)28(36-39(15,16)31(8,9)10)27(25)35-38(13,14)30(5,6)7;26-14-17-19(28)20(29)18(27)13-24(17)11-4-2-1-3-9-21-15-5-7-16(8-6-15)25-12-10-22-23-25;9-7-1-3-8(4-2-7)12-6-5-10-11-12;/h21-24,26,28,31,34-36,40H,17-20,25,27,29-30H2,1-16H3;22,25-28H,17-21,23-24H2,1-16H3;5-8,10,12,17-21,26-29H,1-4,9,11,13-14H2;1-6H,9H2;1H4/t31-,34+,35+,36+;25-,26+,27+,28+;17-,18+,19-,20-;;/m001../s1. The van der Waals surface area contributed by atoms with E-state index in [1.807, 2.05) is 59.6 Å². The molecule has 0 unspecified atom stereocenters. The predicted octanol–water partition coefficient (Wildman–Crippen LogP) is 20.7. The number of β-amino-alcohol motifs (C(OH)–C–C–N with tert-alkyl or cyclic N) is 1. The number of anilines is 3. The predicted molar refractivity (Wildman–Crippen MR) is 558 cm³/mol. The van der Waals surface area contributed by atoms with Gasteiger partial charge in [0.15, 0.2) is 49.9 Å². The number of unbranched alkanes of at least 4 members (excludes halogenated alkanes) is 9. The van der Waals surface area contributed by atoms with Crippen LogP contribution in [0.1, 0.15) is 223 Å². The van der Waals surface area contributed by atoms with Gasteiger partial charge < -0.3 is 68.1 Å². The molecule has 131 heavy (non-hydrogen) atoms. The first kappa shape index (κ1) is 116. The molecule has 12 atom stereocenters. The van der Waals surface area contributed by atoms with Crippen LogP contribution in [0.3, 0.4) is 0 Å². The third-order valence-corrected chi connectivity index (χ3v) is 56.8. The normalized spacial score (nSPS) is 22.2. The molecular weight excluding hydrogens is 1740 g/mol. The van der Waals surface area contributed by atoms with Crippen molar-refractivity contribution in [1.29, 1.82) is 0 Å². The number of nitrogens with two attached hydrogens (primary N) is 1. The topological polar surface area (TPSA) is 305 Å². The van der Waals surface area contributed by atoms with Gasteiger partial charge in [0.05, 0.1) is 123 Å². The van der Waals surface area contributed by atoms with Crippen molar-refractivity contribution in [1.82, 2.24) is 59.7 Å². The molecule has 3 saturated heterocycles. The van der Waals surface area contributed by atoms with Crippen molar-refractivity contribution in [3.63, 3.8) is 0 Å². The molecule has 3 aliphatic rings. The number of likely N-dealkylation sites (tertiary alicyclic amines) is 3. The highest BCUT2D eigenvalue weighted by Gasteiger charge is 2.55. The number of nitrogen functional groups attached to an aromatic ring is 1. The SMILES string of the molecule is C.C[C@H]1CN(CCCCCC=O)[C@H](CO[Si](C)(C)C(C)(C)C)[C@@H](O[Si](C)(C)C(C)(C)C)[C@@H]1O[Si](C)(C)C(C)(C)C.C[C@H]1CN(CCCCCCNc2ccc(-n3ccnn3)cc2)[C@H](CO[Si](C)(C)C(C)(C)C)[C@@H](O[Si](C)(C)C(C)(C)C)[C@@H]1O[Si](C)(C)C(C)(C)C.Nc1ccc(-n2ccnn2)cc1.OC[C@@H]1[C@@H](O)[C@H](O)[C@@H](O)CN1CCCCCCNc1ccc(-n2ccnn2)cc1. The molecule has 3 aliphatic heterocycles. The molecule has 3 fully saturated rings. The minimum absolute atomic E-state index is 0. The number of hydrogen-bond donors (Lipinski definition) is 7. The second-order valence-electron chi connectivity index (χ2n) is 46.3. The Balaban J connectivity index is 0.000000333. The summed E-state index contributed by atoms with van der Waals surface area (Å²) in [7, 11) is -12.2. The number of carbonyl (C=O) groups is 1. The van der Waals surface area contributed by atoms with E-state index in [1.165, 1.54) is 19.3 Å².